The van der Waals surface area contributed by atoms with Crippen LogP contribution in [-0.2, 0) is 22.7 Å². The van der Waals surface area contributed by atoms with E-state index in [9.17, 15) is 0 Å². The van der Waals surface area contributed by atoms with Crippen LogP contribution in [0.3, 0.4) is 0 Å². The zero-order valence-corrected chi connectivity index (χ0v) is 27.5. The lowest BCUT2D eigenvalue weighted by atomic mass is 9.62. The molecule has 6 rings (SSSR count). The molecule has 0 aliphatic heterocycles. The van der Waals surface area contributed by atoms with Crippen molar-refractivity contribution < 1.29 is 0 Å². The minimum atomic E-state index is 0.132. The van der Waals surface area contributed by atoms with Crippen LogP contribution in [-0.4, -0.2) is 7.85 Å². The molecule has 1 aliphatic carbocycles. The van der Waals surface area contributed by atoms with Gasteiger partial charge in [0, 0.05) is 33.1 Å². The molecule has 0 bridgehead atoms. The summed E-state index contributed by atoms with van der Waals surface area (Å²) >= 11 is 1.95. The van der Waals surface area contributed by atoms with Gasteiger partial charge in [0.2, 0.25) is 0 Å². The van der Waals surface area contributed by atoms with Gasteiger partial charge in [0.1, 0.15) is 7.85 Å². The van der Waals surface area contributed by atoms with Crippen LogP contribution in [0.2, 0.25) is 0 Å². The molecule has 1 aromatic heterocycles. The number of rotatable bonds is 5. The van der Waals surface area contributed by atoms with E-state index in [4.69, 9.17) is 0 Å². The number of nitrogens with zero attached hydrogens (tertiary/aromatic N) is 1. The summed E-state index contributed by atoms with van der Waals surface area (Å²) in [6.07, 6.45) is 3.33. The molecule has 0 saturated heterocycles. The molecule has 0 unspecified atom stereocenters. The van der Waals surface area contributed by atoms with E-state index in [1.165, 1.54) is 72.6 Å². The molecule has 0 N–H and O–H groups in total. The highest BCUT2D eigenvalue weighted by atomic mass is 32.1. The van der Waals surface area contributed by atoms with Gasteiger partial charge in [-0.2, -0.15) is 0 Å². The average molecular weight is 570 g/mol. The molecular weight excluding hydrogens is 525 g/mol. The Hall–Kier alpha value is -3.30. The highest BCUT2D eigenvalue weighted by Crippen LogP contribution is 2.50. The van der Waals surface area contributed by atoms with Gasteiger partial charge < -0.3 is 4.90 Å². The van der Waals surface area contributed by atoms with Gasteiger partial charge in [-0.1, -0.05) is 102 Å². The van der Waals surface area contributed by atoms with Crippen LogP contribution in [0, 0.1) is 0 Å². The number of fused-ring (bicyclic) bond motifs is 2. The number of anilines is 3. The third-order valence-electron chi connectivity index (χ3n) is 9.46. The molecule has 1 nitrogen and oxygen atoms in total. The number of hydrogen-bond acceptors (Lipinski definition) is 2. The summed E-state index contributed by atoms with van der Waals surface area (Å²) in [6, 6.07) is 34.3. The van der Waals surface area contributed by atoms with E-state index in [1.54, 1.807) is 0 Å². The maximum absolute atomic E-state index is 2.57. The Morgan fingerprint density at radius 2 is 1.38 bits per heavy atom. The first-order chi connectivity index (χ1) is 19.8. The molecule has 0 radical (unpaired) electrons. The first kappa shape index (κ1) is 28.8. The van der Waals surface area contributed by atoms with Crippen molar-refractivity contribution in [3.63, 3.8) is 0 Å². The van der Waals surface area contributed by atoms with Crippen molar-refractivity contribution in [1.82, 2.24) is 0 Å². The monoisotopic (exact) mass is 569 g/mol. The second kappa shape index (κ2) is 10.5. The summed E-state index contributed by atoms with van der Waals surface area (Å²) < 4.78 is 1.37. The van der Waals surface area contributed by atoms with E-state index in [0.717, 1.165) is 6.42 Å². The highest BCUT2D eigenvalue weighted by molar-refractivity contribution is 7.19. The lowest BCUT2D eigenvalue weighted by Crippen LogP contribution is -2.34. The van der Waals surface area contributed by atoms with E-state index in [-0.39, 0.29) is 16.2 Å². The predicted octanol–water partition coefficient (Wildman–Crippen LogP) is 9.87. The minimum Gasteiger partial charge on any atom is -0.311 e. The van der Waals surface area contributed by atoms with Crippen molar-refractivity contribution in [1.29, 1.82) is 0 Å². The largest absolute Gasteiger partial charge is 0.311 e. The zero-order valence-electron chi connectivity index (χ0n) is 26.6. The van der Waals surface area contributed by atoms with Crippen LogP contribution in [0.5, 0.6) is 0 Å². The van der Waals surface area contributed by atoms with Gasteiger partial charge >= 0.3 is 0 Å². The van der Waals surface area contributed by atoms with Crippen molar-refractivity contribution >= 4 is 51.8 Å². The molecule has 0 saturated carbocycles. The number of hydrogen-bond donors (Lipinski definition) is 0. The van der Waals surface area contributed by atoms with Gasteiger partial charge in [-0.15, -0.1) is 11.3 Å². The summed E-state index contributed by atoms with van der Waals surface area (Å²) in [5.74, 6) is 0. The van der Waals surface area contributed by atoms with Crippen molar-refractivity contribution in [2.75, 3.05) is 4.90 Å². The fourth-order valence-electron chi connectivity index (χ4n) is 6.64. The van der Waals surface area contributed by atoms with E-state index in [1.807, 2.05) is 11.3 Å². The Balaban J connectivity index is 1.58. The summed E-state index contributed by atoms with van der Waals surface area (Å²) in [5.41, 5.74) is 11.3. The van der Waals surface area contributed by atoms with E-state index in [2.05, 4.69) is 152 Å². The summed E-state index contributed by atoms with van der Waals surface area (Å²) in [7, 11) is 2.23. The molecule has 0 atom stereocenters. The van der Waals surface area contributed by atoms with Crippen LogP contribution in [0.4, 0.5) is 17.1 Å². The molecule has 0 spiro atoms. The van der Waals surface area contributed by atoms with Gasteiger partial charge in [0.05, 0.1) is 0 Å². The van der Waals surface area contributed by atoms with Gasteiger partial charge in [-0.3, -0.25) is 0 Å². The van der Waals surface area contributed by atoms with Gasteiger partial charge in [-0.05, 0) is 99.2 Å². The molecule has 0 amide bonds. The lowest BCUT2D eigenvalue weighted by Gasteiger charge is -2.43. The third-order valence-corrected chi connectivity index (χ3v) is 10.6. The van der Waals surface area contributed by atoms with Crippen LogP contribution >= 0.6 is 11.3 Å². The second-order valence-corrected chi connectivity index (χ2v) is 15.8. The third kappa shape index (κ3) is 5.33. The Labute approximate surface area is 258 Å². The Morgan fingerprint density at radius 1 is 0.738 bits per heavy atom. The van der Waals surface area contributed by atoms with Crippen LogP contribution in [0.15, 0.2) is 91.0 Å². The average Bonchev–Trinajstić information content (AvgIpc) is 3.35. The van der Waals surface area contributed by atoms with Gasteiger partial charge in [0.25, 0.3) is 0 Å². The summed E-state index contributed by atoms with van der Waals surface area (Å²) in [4.78, 5) is 3.93. The Morgan fingerprint density at radius 3 is 2.05 bits per heavy atom. The standard InChI is InChI=1S/C39H44BNS/c1-37(2,3)28-17-18-36-27(21-28)23-30(42-36)22-26-24-31-32(39(6,7)20-19-38(31,4)5)25-35(26)41(29-13-9-8-10-14-29)34-16-12-11-15-33(34)40/h8-18,21,23-25H,19-20,22,40H2,1-7H3. The zero-order chi connectivity index (χ0) is 29.9. The van der Waals surface area contributed by atoms with Crippen LogP contribution < -0.4 is 10.4 Å². The second-order valence-electron chi connectivity index (χ2n) is 14.6. The van der Waals surface area contributed by atoms with Crippen molar-refractivity contribution in [3.05, 3.63) is 118 Å². The molecule has 3 heteroatoms. The fraction of sp³-hybridized carbons (Fsp3) is 0.333. The first-order valence-corrected chi connectivity index (χ1v) is 16.3. The van der Waals surface area contributed by atoms with E-state index in [0.29, 0.717) is 0 Å². The molecule has 42 heavy (non-hydrogen) atoms. The highest BCUT2D eigenvalue weighted by Gasteiger charge is 2.38. The predicted molar refractivity (Wildman–Crippen MR) is 188 cm³/mol. The molecular formula is C39H44BNS. The normalized spacial score (nSPS) is 15.9. The Kier molecular flexibility index (Phi) is 7.17. The number of benzene rings is 4. The van der Waals surface area contributed by atoms with Crippen LogP contribution in [0.25, 0.3) is 10.1 Å². The topological polar surface area (TPSA) is 3.24 Å². The van der Waals surface area contributed by atoms with Gasteiger partial charge in [-0.25, -0.2) is 0 Å². The number of thiophene rings is 1. The smallest absolute Gasteiger partial charge is 0.142 e. The van der Waals surface area contributed by atoms with Crippen molar-refractivity contribution in [2.45, 2.75) is 84.0 Å². The van der Waals surface area contributed by atoms with E-state index >= 15 is 0 Å². The molecule has 5 aromatic rings. The lowest BCUT2D eigenvalue weighted by molar-refractivity contribution is 0.331. The quantitative estimate of drug-likeness (QED) is 0.190. The SMILES string of the molecule is Bc1ccccc1N(c1ccccc1)c1cc2c(cc1Cc1cc3cc(C(C)(C)C)ccc3s1)C(C)(C)CCC2(C)C. The minimum absolute atomic E-state index is 0.132. The number of para-hydroxylation sites is 2. The first-order valence-electron chi connectivity index (χ1n) is 15.5. The Bertz CT molecular complexity index is 1750. The molecule has 4 aromatic carbocycles. The van der Waals surface area contributed by atoms with Crippen molar-refractivity contribution in [3.8, 4) is 0 Å². The van der Waals surface area contributed by atoms with Crippen molar-refractivity contribution in [2.24, 2.45) is 0 Å². The summed E-state index contributed by atoms with van der Waals surface area (Å²) in [5, 5.41) is 1.36. The maximum atomic E-state index is 2.57. The summed E-state index contributed by atoms with van der Waals surface area (Å²) in [6.45, 7) is 16.6. The van der Waals surface area contributed by atoms with E-state index < -0.39 is 0 Å². The van der Waals surface area contributed by atoms with Crippen LogP contribution in [0.1, 0.15) is 88.4 Å². The molecule has 0 fully saturated rings. The molecule has 1 heterocycles. The van der Waals surface area contributed by atoms with Gasteiger partial charge in [0.15, 0.2) is 0 Å². The maximum Gasteiger partial charge on any atom is 0.142 e. The molecule has 1 aliphatic rings. The molecule has 214 valence electrons. The fourth-order valence-corrected chi connectivity index (χ4v) is 7.70.